The van der Waals surface area contributed by atoms with Crippen LogP contribution in [0.25, 0.3) is 0 Å². The molecule has 0 aromatic heterocycles. The van der Waals surface area contributed by atoms with Crippen molar-refractivity contribution in [2.24, 2.45) is 0 Å². The van der Waals surface area contributed by atoms with E-state index in [0.29, 0.717) is 17.2 Å². The van der Waals surface area contributed by atoms with Crippen LogP contribution >= 0.6 is 11.6 Å². The number of rotatable bonds is 5. The number of nitro benzene ring substituents is 1. The van der Waals surface area contributed by atoms with Gasteiger partial charge in [-0.15, -0.1) is 0 Å². The minimum absolute atomic E-state index is 0.157. The van der Waals surface area contributed by atoms with Gasteiger partial charge in [-0.3, -0.25) is 10.1 Å². The SMILES string of the molecule is CC1=COC(CCOc2ccc(Cl)cc2[N+](=O)[O-])O1. The Morgan fingerprint density at radius 2 is 2.32 bits per heavy atom. The second-order valence-corrected chi connectivity index (χ2v) is 4.35. The lowest BCUT2D eigenvalue weighted by Crippen LogP contribution is -2.13. The van der Waals surface area contributed by atoms with Gasteiger partial charge < -0.3 is 14.2 Å². The molecule has 0 saturated carbocycles. The van der Waals surface area contributed by atoms with Gasteiger partial charge in [-0.25, -0.2) is 0 Å². The topological polar surface area (TPSA) is 70.8 Å². The van der Waals surface area contributed by atoms with Crippen LogP contribution in [0.2, 0.25) is 5.02 Å². The average molecular weight is 286 g/mol. The van der Waals surface area contributed by atoms with Gasteiger partial charge in [-0.1, -0.05) is 11.6 Å². The molecule has 1 aliphatic heterocycles. The summed E-state index contributed by atoms with van der Waals surface area (Å²) in [6.07, 6.45) is 1.59. The number of halogens is 1. The smallest absolute Gasteiger partial charge is 0.312 e. The molecule has 0 amide bonds. The number of nitro groups is 1. The summed E-state index contributed by atoms with van der Waals surface area (Å²) < 4.78 is 15.8. The zero-order valence-corrected chi connectivity index (χ0v) is 10.9. The molecule has 0 spiro atoms. The molecule has 2 rings (SSSR count). The third-order valence-electron chi connectivity index (χ3n) is 2.43. The molecule has 0 radical (unpaired) electrons. The molecule has 0 fully saturated rings. The van der Waals surface area contributed by atoms with Crippen molar-refractivity contribution in [2.45, 2.75) is 19.6 Å². The minimum atomic E-state index is -0.532. The number of hydrogen-bond acceptors (Lipinski definition) is 5. The van der Waals surface area contributed by atoms with E-state index >= 15 is 0 Å². The van der Waals surface area contributed by atoms with Crippen molar-refractivity contribution in [3.63, 3.8) is 0 Å². The van der Waals surface area contributed by atoms with Gasteiger partial charge in [0.15, 0.2) is 5.75 Å². The Kier molecular flexibility index (Phi) is 4.11. The minimum Gasteiger partial charge on any atom is -0.487 e. The largest absolute Gasteiger partial charge is 0.487 e. The molecule has 7 heteroatoms. The van der Waals surface area contributed by atoms with E-state index < -0.39 is 11.2 Å². The maximum atomic E-state index is 10.8. The predicted molar refractivity (Wildman–Crippen MR) is 67.9 cm³/mol. The summed E-state index contributed by atoms with van der Waals surface area (Å²) in [4.78, 5) is 10.3. The fraction of sp³-hybridized carbons (Fsp3) is 0.333. The zero-order chi connectivity index (χ0) is 13.8. The molecule has 0 bridgehead atoms. The van der Waals surface area contributed by atoms with Gasteiger partial charge in [0.1, 0.15) is 12.0 Å². The zero-order valence-electron chi connectivity index (χ0n) is 10.2. The van der Waals surface area contributed by atoms with E-state index in [1.165, 1.54) is 24.5 Å². The highest BCUT2D eigenvalue weighted by atomic mass is 35.5. The molecule has 0 saturated heterocycles. The van der Waals surface area contributed by atoms with Crippen LogP contribution in [0.3, 0.4) is 0 Å². The quantitative estimate of drug-likeness (QED) is 0.613. The van der Waals surface area contributed by atoms with E-state index in [0.717, 1.165) is 0 Å². The molecule has 1 aromatic rings. The number of allylic oxidation sites excluding steroid dienone is 1. The van der Waals surface area contributed by atoms with E-state index in [1.807, 2.05) is 0 Å². The van der Waals surface area contributed by atoms with Crippen LogP contribution in [0.1, 0.15) is 13.3 Å². The van der Waals surface area contributed by atoms with Crippen LogP contribution in [0.15, 0.2) is 30.2 Å². The molecule has 1 heterocycles. The number of nitrogens with zero attached hydrogens (tertiary/aromatic N) is 1. The van der Waals surface area contributed by atoms with Gasteiger partial charge in [0.05, 0.1) is 18.0 Å². The Balaban J connectivity index is 1.91. The molecule has 1 unspecified atom stereocenters. The van der Waals surface area contributed by atoms with Crippen LogP contribution in [-0.2, 0) is 9.47 Å². The summed E-state index contributed by atoms with van der Waals surface area (Å²) in [5, 5.41) is 11.1. The van der Waals surface area contributed by atoms with E-state index in [-0.39, 0.29) is 18.0 Å². The Bertz CT molecular complexity index is 517. The summed E-state index contributed by atoms with van der Waals surface area (Å²) in [5.41, 5.74) is -0.157. The third kappa shape index (κ3) is 3.51. The van der Waals surface area contributed by atoms with Crippen molar-refractivity contribution in [3.8, 4) is 5.75 Å². The number of hydrogen-bond donors (Lipinski definition) is 0. The van der Waals surface area contributed by atoms with E-state index in [2.05, 4.69) is 0 Å². The fourth-order valence-electron chi connectivity index (χ4n) is 1.58. The fourth-order valence-corrected chi connectivity index (χ4v) is 1.75. The maximum Gasteiger partial charge on any atom is 0.312 e. The molecule has 1 aliphatic rings. The molecule has 1 atom stereocenters. The first-order valence-electron chi connectivity index (χ1n) is 5.62. The van der Waals surface area contributed by atoms with Crippen molar-refractivity contribution < 1.29 is 19.1 Å². The molecule has 102 valence electrons. The van der Waals surface area contributed by atoms with Crippen molar-refractivity contribution in [1.29, 1.82) is 0 Å². The lowest BCUT2D eigenvalue weighted by molar-refractivity contribution is -0.385. The lowest BCUT2D eigenvalue weighted by atomic mass is 10.3. The van der Waals surface area contributed by atoms with Crippen molar-refractivity contribution in [2.75, 3.05) is 6.61 Å². The second kappa shape index (κ2) is 5.79. The first-order chi connectivity index (χ1) is 9.06. The molecule has 1 aromatic carbocycles. The Morgan fingerprint density at radius 3 is 2.95 bits per heavy atom. The first-order valence-corrected chi connectivity index (χ1v) is 5.99. The van der Waals surface area contributed by atoms with Crippen molar-refractivity contribution >= 4 is 17.3 Å². The standard InChI is InChI=1S/C12H12ClNO5/c1-8-7-18-12(19-8)4-5-17-11-3-2-9(13)6-10(11)14(15)16/h2-3,6-7,12H,4-5H2,1H3. The molecular formula is C12H12ClNO5. The van der Waals surface area contributed by atoms with Crippen molar-refractivity contribution in [3.05, 3.63) is 45.4 Å². The van der Waals surface area contributed by atoms with Gasteiger partial charge >= 0.3 is 5.69 Å². The predicted octanol–water partition coefficient (Wildman–Crippen LogP) is 3.25. The number of benzene rings is 1. The second-order valence-electron chi connectivity index (χ2n) is 3.92. The van der Waals surface area contributed by atoms with Gasteiger partial charge in [0, 0.05) is 11.1 Å². The Labute approximate surface area is 114 Å². The molecule has 0 N–H and O–H groups in total. The van der Waals surface area contributed by atoms with Gasteiger partial charge in [-0.05, 0) is 19.1 Å². The monoisotopic (exact) mass is 285 g/mol. The molecular weight excluding hydrogens is 274 g/mol. The van der Waals surface area contributed by atoms with Crippen LogP contribution in [0, 0.1) is 10.1 Å². The maximum absolute atomic E-state index is 10.8. The average Bonchev–Trinajstić information content (AvgIpc) is 2.77. The first kappa shape index (κ1) is 13.5. The molecule has 6 nitrogen and oxygen atoms in total. The Morgan fingerprint density at radius 1 is 1.53 bits per heavy atom. The summed E-state index contributed by atoms with van der Waals surface area (Å²) in [6, 6.07) is 4.27. The third-order valence-corrected chi connectivity index (χ3v) is 2.67. The highest BCUT2D eigenvalue weighted by Crippen LogP contribution is 2.30. The van der Waals surface area contributed by atoms with Crippen LogP contribution in [0.4, 0.5) is 5.69 Å². The lowest BCUT2D eigenvalue weighted by Gasteiger charge is -2.12. The van der Waals surface area contributed by atoms with E-state index in [4.69, 9.17) is 25.8 Å². The summed E-state index contributed by atoms with van der Waals surface area (Å²) in [7, 11) is 0. The normalized spacial score (nSPS) is 17.4. The molecule has 0 aliphatic carbocycles. The van der Waals surface area contributed by atoms with Crippen LogP contribution in [-0.4, -0.2) is 17.8 Å². The number of ether oxygens (including phenoxy) is 3. The summed E-state index contributed by atoms with van der Waals surface area (Å²) >= 11 is 5.71. The summed E-state index contributed by atoms with van der Waals surface area (Å²) in [5.74, 6) is 0.875. The Hall–Kier alpha value is -1.95. The van der Waals surface area contributed by atoms with Crippen LogP contribution < -0.4 is 4.74 Å². The summed E-state index contributed by atoms with van der Waals surface area (Å²) in [6.45, 7) is 2.03. The highest BCUT2D eigenvalue weighted by molar-refractivity contribution is 6.30. The van der Waals surface area contributed by atoms with Crippen LogP contribution in [0.5, 0.6) is 5.75 Å². The van der Waals surface area contributed by atoms with E-state index in [9.17, 15) is 10.1 Å². The highest BCUT2D eigenvalue weighted by Gasteiger charge is 2.19. The van der Waals surface area contributed by atoms with Gasteiger partial charge in [-0.2, -0.15) is 0 Å². The van der Waals surface area contributed by atoms with E-state index in [1.54, 1.807) is 6.92 Å². The molecule has 19 heavy (non-hydrogen) atoms. The van der Waals surface area contributed by atoms with Gasteiger partial charge in [0.2, 0.25) is 6.29 Å². The van der Waals surface area contributed by atoms with Gasteiger partial charge in [0.25, 0.3) is 0 Å². The van der Waals surface area contributed by atoms with Crippen molar-refractivity contribution in [1.82, 2.24) is 0 Å².